The number of amidine groups is 1. The summed E-state index contributed by atoms with van der Waals surface area (Å²) in [6.07, 6.45) is -2.33. The molecule has 6 N–H and O–H groups in total. The van der Waals surface area contributed by atoms with Gasteiger partial charge in [0.2, 0.25) is 5.96 Å². The minimum absolute atomic E-state index is 0. The number of nitrogens with two attached hydrogens (primary N) is 1. The Morgan fingerprint density at radius 2 is 1.73 bits per heavy atom. The zero-order valence-electron chi connectivity index (χ0n) is 16.3. The van der Waals surface area contributed by atoms with E-state index in [9.17, 15) is 33.0 Å². The van der Waals surface area contributed by atoms with Gasteiger partial charge < -0.3 is 34.8 Å². The zero-order valence-corrected chi connectivity index (χ0v) is 20.9. The number of fused-ring (bicyclic) bond motifs is 1. The number of carbonyl (C=O) groups is 3. The molecule has 0 aromatic carbocycles. The zero-order chi connectivity index (χ0) is 24.3. The van der Waals surface area contributed by atoms with Gasteiger partial charge in [-0.25, -0.2) is 13.7 Å². The standard InChI is InChI=1S/C10H14N5O14P3.Na/c11-10-13-8-7(9(18)14-10)12-4-15(8)6(2-17)27-5(1-16)3-26-31(22,23)29-32(24,25)28-30(19,20)21;/h1-2,4-7H,3H2,(H,22,23)(H,24,25)(H2,11,14,18)(H2,19,20,21);. The van der Waals surface area contributed by atoms with Crippen LogP contribution in [0.1, 0.15) is 0 Å². The Bertz CT molecular complexity index is 1030. The average molecular weight is 544 g/mol. The van der Waals surface area contributed by atoms with Gasteiger partial charge in [0.15, 0.2) is 30.7 Å². The van der Waals surface area contributed by atoms with E-state index in [4.69, 9.17) is 25.2 Å². The first kappa shape index (κ1) is 30.0. The molecule has 1 amide bonds. The Morgan fingerprint density at radius 1 is 1.09 bits per heavy atom. The van der Waals surface area contributed by atoms with Crippen molar-refractivity contribution in [2.75, 3.05) is 6.61 Å². The molecule has 0 aromatic heterocycles. The normalized spacial score (nSPS) is 23.2. The summed E-state index contributed by atoms with van der Waals surface area (Å²) in [5.41, 5.74) is 5.38. The van der Waals surface area contributed by atoms with Crippen molar-refractivity contribution < 1.29 is 65.5 Å². The van der Waals surface area contributed by atoms with E-state index in [0.717, 1.165) is 11.2 Å². The molecule has 0 saturated carbocycles. The molecule has 179 valence electrons. The van der Waals surface area contributed by atoms with Crippen molar-refractivity contribution in [2.45, 2.75) is 18.4 Å². The Hall–Kier alpha value is -1.01. The summed E-state index contributed by atoms with van der Waals surface area (Å²) in [5.74, 6) is -1.37. The van der Waals surface area contributed by atoms with Crippen LogP contribution >= 0.6 is 23.5 Å². The molecule has 2 rings (SSSR count). The van der Waals surface area contributed by atoms with Crippen molar-refractivity contribution in [2.24, 2.45) is 20.7 Å². The summed E-state index contributed by atoms with van der Waals surface area (Å²) in [6.45, 7) is -1.15. The van der Waals surface area contributed by atoms with Crippen LogP contribution in [0.15, 0.2) is 15.0 Å². The van der Waals surface area contributed by atoms with Gasteiger partial charge in [0.05, 0.1) is 12.9 Å². The van der Waals surface area contributed by atoms with E-state index < -0.39 is 60.3 Å². The van der Waals surface area contributed by atoms with E-state index >= 15 is 0 Å². The third-order valence-corrected chi connectivity index (χ3v) is 7.01. The van der Waals surface area contributed by atoms with Crippen LogP contribution < -0.4 is 5.73 Å². The number of ether oxygens (including phenoxy) is 1. The predicted molar refractivity (Wildman–Crippen MR) is 105 cm³/mol. The van der Waals surface area contributed by atoms with E-state index in [0.29, 0.717) is 0 Å². The first-order chi connectivity index (χ1) is 14.7. The van der Waals surface area contributed by atoms with Gasteiger partial charge in [-0.1, -0.05) is 0 Å². The van der Waals surface area contributed by atoms with Crippen molar-refractivity contribution in [1.29, 1.82) is 0 Å². The molecule has 33 heavy (non-hydrogen) atoms. The number of hydrogen-bond acceptors (Lipinski definition) is 14. The molecule has 0 bridgehead atoms. The third-order valence-electron chi connectivity index (χ3n) is 3.21. The first-order valence-electron chi connectivity index (χ1n) is 7.79. The molecule has 0 saturated heterocycles. The maximum absolute atomic E-state index is 11.8. The van der Waals surface area contributed by atoms with E-state index in [-0.39, 0.29) is 48.0 Å². The fraction of sp³-hybridized carbons (Fsp3) is 0.400. The molecule has 5 unspecified atom stereocenters. The summed E-state index contributed by atoms with van der Waals surface area (Å²) in [6, 6.07) is -1.21. The van der Waals surface area contributed by atoms with Gasteiger partial charge in [-0.2, -0.15) is 18.6 Å². The molecule has 2 aliphatic rings. The quantitative estimate of drug-likeness (QED) is 0.0930. The molecule has 0 aromatic rings. The Labute approximate surface area is 205 Å². The Morgan fingerprint density at radius 3 is 2.27 bits per heavy atom. The first-order valence-corrected chi connectivity index (χ1v) is 12.3. The van der Waals surface area contributed by atoms with Gasteiger partial charge in [0.25, 0.3) is 5.91 Å². The molecule has 23 heteroatoms. The van der Waals surface area contributed by atoms with Gasteiger partial charge in [0.1, 0.15) is 6.10 Å². The van der Waals surface area contributed by atoms with Crippen molar-refractivity contribution in [3.8, 4) is 0 Å². The number of phosphoric ester groups is 1. The molecule has 1 radical (unpaired) electrons. The predicted octanol–water partition coefficient (Wildman–Crippen LogP) is -2.98. The van der Waals surface area contributed by atoms with Gasteiger partial charge >= 0.3 is 23.5 Å². The van der Waals surface area contributed by atoms with Crippen LogP contribution in [0.3, 0.4) is 0 Å². The number of amides is 1. The fourth-order valence-corrected chi connectivity index (χ4v) is 5.16. The minimum atomic E-state index is -5.77. The summed E-state index contributed by atoms with van der Waals surface area (Å²) in [7, 11) is -16.9. The average Bonchev–Trinajstić information content (AvgIpc) is 3.03. The number of carbonyl (C=O) groups excluding carboxylic acids is 3. The maximum Gasteiger partial charge on any atom is 0.490 e. The van der Waals surface area contributed by atoms with Gasteiger partial charge in [-0.05, 0) is 0 Å². The van der Waals surface area contributed by atoms with E-state index in [1.807, 2.05) is 0 Å². The Balaban J connectivity index is 0.00000544. The van der Waals surface area contributed by atoms with Crippen molar-refractivity contribution in [3.63, 3.8) is 0 Å². The van der Waals surface area contributed by atoms with Crippen LogP contribution in [0.4, 0.5) is 0 Å². The summed E-state index contributed by atoms with van der Waals surface area (Å²) >= 11 is 0. The van der Waals surface area contributed by atoms with Crippen molar-refractivity contribution >= 4 is 89.6 Å². The molecule has 19 nitrogen and oxygen atoms in total. The van der Waals surface area contributed by atoms with E-state index in [1.54, 1.807) is 0 Å². The van der Waals surface area contributed by atoms with Crippen LogP contribution in [0.25, 0.3) is 0 Å². The second-order valence-corrected chi connectivity index (χ2v) is 10.00. The summed E-state index contributed by atoms with van der Waals surface area (Å²) < 4.78 is 49.9. The molecule has 2 aliphatic heterocycles. The molecule has 2 heterocycles. The summed E-state index contributed by atoms with van der Waals surface area (Å²) in [5, 5.41) is 0. The number of phosphoric acid groups is 3. The summed E-state index contributed by atoms with van der Waals surface area (Å²) in [4.78, 5) is 81.6. The van der Waals surface area contributed by atoms with Crippen molar-refractivity contribution in [1.82, 2.24) is 4.90 Å². The Kier molecular flexibility index (Phi) is 10.6. The third kappa shape index (κ3) is 8.93. The molecule has 0 aliphatic carbocycles. The van der Waals surface area contributed by atoms with Gasteiger partial charge in [0, 0.05) is 29.6 Å². The fourth-order valence-electron chi connectivity index (χ4n) is 2.13. The van der Waals surface area contributed by atoms with Gasteiger partial charge in [-0.3, -0.25) is 24.0 Å². The SMILES string of the molecule is NC1=NC(=O)C2N=CN(C(C=O)OC(C=O)COP(=O)(O)OP(=O)(O)OP(=O)(O)O)C2=N1.[Na]. The number of hydrogen-bond donors (Lipinski definition) is 5. The minimum Gasteiger partial charge on any atom is -0.368 e. The number of aldehydes is 2. The molecule has 0 fully saturated rings. The number of rotatable bonds is 12. The van der Waals surface area contributed by atoms with Crippen molar-refractivity contribution in [3.05, 3.63) is 0 Å². The second kappa shape index (κ2) is 11.6. The number of aliphatic imine (C=N–C) groups is 3. The van der Waals surface area contributed by atoms with Gasteiger partial charge in [-0.15, -0.1) is 0 Å². The van der Waals surface area contributed by atoms with Crippen LogP contribution in [0.2, 0.25) is 0 Å². The molecule has 0 spiro atoms. The number of guanidine groups is 1. The topological polar surface area (TPSA) is 287 Å². The molecular formula is C10H14N5NaO14P3. The number of nitrogens with zero attached hydrogens (tertiary/aromatic N) is 4. The maximum atomic E-state index is 11.8. The van der Waals surface area contributed by atoms with E-state index in [2.05, 4.69) is 28.1 Å². The monoisotopic (exact) mass is 544 g/mol. The van der Waals surface area contributed by atoms with Crippen LogP contribution in [0.5, 0.6) is 0 Å². The smallest absolute Gasteiger partial charge is 0.368 e. The molecule has 5 atom stereocenters. The second-order valence-electron chi connectivity index (χ2n) is 5.58. The van der Waals surface area contributed by atoms with E-state index in [1.165, 1.54) is 0 Å². The molecular weight excluding hydrogens is 530 g/mol. The van der Waals surface area contributed by atoms with Crippen LogP contribution in [-0.4, -0.2) is 116 Å². The largest absolute Gasteiger partial charge is 0.490 e. The van der Waals surface area contributed by atoms with Crippen LogP contribution in [0, 0.1) is 0 Å². The van der Waals surface area contributed by atoms with Crippen LogP contribution in [-0.2, 0) is 46.0 Å².